The quantitative estimate of drug-likeness (QED) is 0.297. The highest BCUT2D eigenvalue weighted by molar-refractivity contribution is 7.10. The van der Waals surface area contributed by atoms with Crippen LogP contribution in [-0.2, 0) is 24.5 Å². The van der Waals surface area contributed by atoms with E-state index in [0.29, 0.717) is 25.4 Å². The van der Waals surface area contributed by atoms with E-state index in [4.69, 9.17) is 9.15 Å². The molecule has 0 spiro atoms. The summed E-state index contributed by atoms with van der Waals surface area (Å²) in [6, 6.07) is 15.4. The number of carbonyl (C=O) groups is 1. The van der Waals surface area contributed by atoms with Gasteiger partial charge in [-0.15, -0.1) is 22.7 Å². The lowest BCUT2D eigenvalue weighted by atomic mass is 10.2. The second-order valence-electron chi connectivity index (χ2n) is 6.87. The van der Waals surface area contributed by atoms with E-state index in [0.717, 1.165) is 26.9 Å². The first-order chi connectivity index (χ1) is 15.2. The summed E-state index contributed by atoms with van der Waals surface area (Å²) >= 11 is 3.23. The van der Waals surface area contributed by atoms with Crippen LogP contribution in [0.4, 0.5) is 0 Å². The van der Waals surface area contributed by atoms with E-state index in [1.165, 1.54) is 0 Å². The number of para-hydroxylation sites is 1. The lowest BCUT2D eigenvalue weighted by Crippen LogP contribution is -2.28. The maximum atomic E-state index is 13.0. The van der Waals surface area contributed by atoms with Gasteiger partial charge in [0.1, 0.15) is 18.1 Å². The second kappa shape index (κ2) is 10.2. The van der Waals surface area contributed by atoms with Crippen LogP contribution in [0, 0.1) is 6.92 Å². The number of aromatic nitrogens is 1. The summed E-state index contributed by atoms with van der Waals surface area (Å²) in [6.07, 6.45) is 5.01. The van der Waals surface area contributed by atoms with E-state index in [2.05, 4.69) is 4.98 Å². The molecule has 0 saturated carbocycles. The third-order valence-corrected chi connectivity index (χ3v) is 6.22. The van der Waals surface area contributed by atoms with Crippen molar-refractivity contribution >= 4 is 34.7 Å². The van der Waals surface area contributed by atoms with Gasteiger partial charge in [-0.05, 0) is 42.6 Å². The van der Waals surface area contributed by atoms with E-state index >= 15 is 0 Å². The molecule has 0 aliphatic rings. The van der Waals surface area contributed by atoms with Gasteiger partial charge in [-0.25, -0.2) is 4.98 Å². The number of ether oxygens (including phenoxy) is 1. The van der Waals surface area contributed by atoms with E-state index in [1.54, 1.807) is 46.0 Å². The number of benzene rings is 1. The number of rotatable bonds is 9. The molecule has 0 aliphatic heterocycles. The first-order valence-electron chi connectivity index (χ1n) is 9.82. The topological polar surface area (TPSA) is 55.6 Å². The molecular weight excluding hydrogens is 428 g/mol. The molecule has 0 saturated heterocycles. The van der Waals surface area contributed by atoms with Crippen LogP contribution >= 0.6 is 22.7 Å². The maximum absolute atomic E-state index is 13.0. The molecule has 0 bridgehead atoms. The van der Waals surface area contributed by atoms with E-state index < -0.39 is 0 Å². The molecule has 0 atom stereocenters. The van der Waals surface area contributed by atoms with Crippen LogP contribution in [0.2, 0.25) is 0 Å². The summed E-state index contributed by atoms with van der Waals surface area (Å²) in [5.74, 6) is 1.38. The van der Waals surface area contributed by atoms with Crippen molar-refractivity contribution in [2.75, 3.05) is 0 Å². The highest BCUT2D eigenvalue weighted by atomic mass is 32.1. The minimum atomic E-state index is -0.0882. The molecule has 0 fully saturated rings. The Bertz CT molecular complexity index is 1100. The predicted molar refractivity (Wildman–Crippen MR) is 124 cm³/mol. The zero-order valence-electron chi connectivity index (χ0n) is 17.1. The second-order valence-corrected chi connectivity index (χ2v) is 8.97. The molecule has 4 rings (SSSR count). The molecule has 0 N–H and O–H groups in total. The zero-order valence-corrected chi connectivity index (χ0v) is 18.7. The van der Waals surface area contributed by atoms with Crippen LogP contribution in [-0.4, -0.2) is 15.8 Å². The van der Waals surface area contributed by atoms with Crippen molar-refractivity contribution in [2.24, 2.45) is 0 Å². The summed E-state index contributed by atoms with van der Waals surface area (Å²) in [7, 11) is 0. The number of carbonyl (C=O) groups excluding carboxylic acids is 1. The van der Waals surface area contributed by atoms with Crippen molar-refractivity contribution in [1.29, 1.82) is 0 Å². The van der Waals surface area contributed by atoms with Gasteiger partial charge in [-0.1, -0.05) is 24.3 Å². The van der Waals surface area contributed by atoms with Crippen LogP contribution in [0.5, 0.6) is 5.75 Å². The standard InChI is InChI=1S/C24H22N2O3S2/c1-18-25-20(17-31-18)16-29-23-9-3-2-6-19(23)10-11-24(27)26(14-21-7-4-12-28-21)15-22-8-5-13-30-22/h2-13,17H,14-16H2,1H3/b11-10+. The Morgan fingerprint density at radius 3 is 2.77 bits per heavy atom. The van der Waals surface area contributed by atoms with Crippen molar-refractivity contribution in [3.8, 4) is 5.75 Å². The van der Waals surface area contributed by atoms with E-state index in [1.807, 2.05) is 66.2 Å². The summed E-state index contributed by atoms with van der Waals surface area (Å²) in [6.45, 7) is 3.31. The maximum Gasteiger partial charge on any atom is 0.247 e. The van der Waals surface area contributed by atoms with Crippen molar-refractivity contribution in [2.45, 2.75) is 26.6 Å². The number of furan rings is 1. The number of nitrogens with zero attached hydrogens (tertiary/aromatic N) is 2. The molecule has 4 aromatic rings. The number of amides is 1. The summed E-state index contributed by atoms with van der Waals surface area (Å²) in [5.41, 5.74) is 1.75. The molecule has 1 amide bonds. The number of aryl methyl sites for hydroxylation is 1. The number of thiazole rings is 1. The molecule has 0 unspecified atom stereocenters. The Balaban J connectivity index is 1.47. The average molecular weight is 451 g/mol. The number of hydrogen-bond donors (Lipinski definition) is 0. The summed E-state index contributed by atoms with van der Waals surface area (Å²) in [5, 5.41) is 5.02. The van der Waals surface area contributed by atoms with Gasteiger partial charge in [0, 0.05) is 21.9 Å². The third-order valence-electron chi connectivity index (χ3n) is 4.53. The molecule has 5 nitrogen and oxygen atoms in total. The van der Waals surface area contributed by atoms with Crippen molar-refractivity contribution in [1.82, 2.24) is 9.88 Å². The predicted octanol–water partition coefficient (Wildman–Crippen LogP) is 5.93. The minimum absolute atomic E-state index is 0.0882. The first-order valence-corrected chi connectivity index (χ1v) is 11.6. The van der Waals surface area contributed by atoms with Gasteiger partial charge < -0.3 is 14.1 Å². The molecule has 0 aliphatic carbocycles. The smallest absolute Gasteiger partial charge is 0.247 e. The van der Waals surface area contributed by atoms with Crippen LogP contribution in [0.15, 0.2) is 76.0 Å². The average Bonchev–Trinajstić information content (AvgIpc) is 3.54. The van der Waals surface area contributed by atoms with Gasteiger partial charge in [-0.3, -0.25) is 4.79 Å². The van der Waals surface area contributed by atoms with Crippen LogP contribution in [0.1, 0.15) is 26.9 Å². The fourth-order valence-corrected chi connectivity index (χ4v) is 4.35. The van der Waals surface area contributed by atoms with E-state index in [9.17, 15) is 4.79 Å². The van der Waals surface area contributed by atoms with Crippen molar-refractivity contribution < 1.29 is 13.9 Å². The fourth-order valence-electron chi connectivity index (χ4n) is 3.04. The Kier molecular flexibility index (Phi) is 6.96. The van der Waals surface area contributed by atoms with Crippen LogP contribution in [0.3, 0.4) is 0 Å². The Morgan fingerprint density at radius 2 is 2.03 bits per heavy atom. The minimum Gasteiger partial charge on any atom is -0.487 e. The monoisotopic (exact) mass is 450 g/mol. The molecule has 158 valence electrons. The normalized spacial score (nSPS) is 11.1. The lowest BCUT2D eigenvalue weighted by molar-refractivity contribution is -0.127. The highest BCUT2D eigenvalue weighted by Gasteiger charge is 2.14. The van der Waals surface area contributed by atoms with Crippen molar-refractivity contribution in [3.05, 3.63) is 98.5 Å². The summed E-state index contributed by atoms with van der Waals surface area (Å²) in [4.78, 5) is 20.3. The van der Waals surface area contributed by atoms with E-state index in [-0.39, 0.29) is 5.91 Å². The molecule has 3 heterocycles. The lowest BCUT2D eigenvalue weighted by Gasteiger charge is -2.19. The van der Waals surface area contributed by atoms with Gasteiger partial charge in [0.25, 0.3) is 0 Å². The van der Waals surface area contributed by atoms with Crippen LogP contribution in [0.25, 0.3) is 6.08 Å². The fraction of sp³-hybridized carbons (Fsp3) is 0.167. The number of hydrogen-bond acceptors (Lipinski definition) is 6. The summed E-state index contributed by atoms with van der Waals surface area (Å²) < 4.78 is 11.4. The Labute approximate surface area is 189 Å². The highest BCUT2D eigenvalue weighted by Crippen LogP contribution is 2.22. The van der Waals surface area contributed by atoms with Gasteiger partial charge in [0.15, 0.2) is 0 Å². The largest absolute Gasteiger partial charge is 0.487 e. The van der Waals surface area contributed by atoms with Crippen molar-refractivity contribution in [3.63, 3.8) is 0 Å². The van der Waals surface area contributed by atoms with Gasteiger partial charge in [0.05, 0.1) is 30.1 Å². The molecule has 31 heavy (non-hydrogen) atoms. The SMILES string of the molecule is Cc1nc(COc2ccccc2/C=C/C(=O)N(Cc2ccco2)Cc2cccs2)cs1. The van der Waals surface area contributed by atoms with Gasteiger partial charge >= 0.3 is 0 Å². The first kappa shape index (κ1) is 21.1. The third kappa shape index (κ3) is 5.93. The van der Waals surface area contributed by atoms with Gasteiger partial charge in [-0.2, -0.15) is 0 Å². The molecule has 1 aromatic carbocycles. The Morgan fingerprint density at radius 1 is 1.13 bits per heavy atom. The molecule has 7 heteroatoms. The van der Waals surface area contributed by atoms with Crippen LogP contribution < -0.4 is 4.74 Å². The van der Waals surface area contributed by atoms with Gasteiger partial charge in [0.2, 0.25) is 5.91 Å². The molecular formula is C24H22N2O3S2. The zero-order chi connectivity index (χ0) is 21.5. The Hall–Kier alpha value is -3.16. The molecule has 3 aromatic heterocycles. The molecule has 0 radical (unpaired) electrons. The number of thiophene rings is 1.